The standard InChI is InChI=1S/C13H21ClN2S/c1-10-6-4-3-5-7-16(10)11(2)13-15-12(8-14)9-17-13/h9-11H,3-8H2,1-2H3. The quantitative estimate of drug-likeness (QED) is 0.767. The number of aromatic nitrogens is 1. The molecule has 2 heterocycles. The maximum atomic E-state index is 5.82. The van der Waals surface area contributed by atoms with Crippen LogP contribution in [0.3, 0.4) is 0 Å². The number of rotatable bonds is 3. The summed E-state index contributed by atoms with van der Waals surface area (Å²) in [6, 6.07) is 1.11. The summed E-state index contributed by atoms with van der Waals surface area (Å²) >= 11 is 7.56. The topological polar surface area (TPSA) is 16.1 Å². The van der Waals surface area contributed by atoms with Crippen molar-refractivity contribution in [1.29, 1.82) is 0 Å². The van der Waals surface area contributed by atoms with Gasteiger partial charge in [0.2, 0.25) is 0 Å². The normalized spacial score (nSPS) is 24.5. The van der Waals surface area contributed by atoms with Crippen molar-refractivity contribution < 1.29 is 0 Å². The van der Waals surface area contributed by atoms with E-state index in [-0.39, 0.29) is 0 Å². The zero-order valence-corrected chi connectivity index (χ0v) is 12.2. The van der Waals surface area contributed by atoms with Gasteiger partial charge in [-0.25, -0.2) is 4.98 Å². The van der Waals surface area contributed by atoms with E-state index in [2.05, 4.69) is 29.1 Å². The van der Waals surface area contributed by atoms with Crippen LogP contribution in [-0.4, -0.2) is 22.5 Å². The van der Waals surface area contributed by atoms with Crippen LogP contribution in [0.4, 0.5) is 0 Å². The maximum Gasteiger partial charge on any atom is 0.110 e. The molecule has 4 heteroatoms. The molecule has 0 aliphatic carbocycles. The lowest BCUT2D eigenvalue weighted by Gasteiger charge is -2.31. The predicted octanol–water partition coefficient (Wildman–Crippen LogP) is 4.21. The first-order valence-corrected chi connectivity index (χ1v) is 7.89. The second-order valence-corrected chi connectivity index (χ2v) is 6.08. The van der Waals surface area contributed by atoms with E-state index in [9.17, 15) is 0 Å². The molecule has 0 N–H and O–H groups in total. The highest BCUT2D eigenvalue weighted by Crippen LogP contribution is 2.29. The summed E-state index contributed by atoms with van der Waals surface area (Å²) in [5.41, 5.74) is 1.01. The lowest BCUT2D eigenvalue weighted by atomic mass is 10.1. The van der Waals surface area contributed by atoms with Gasteiger partial charge in [-0.05, 0) is 33.2 Å². The van der Waals surface area contributed by atoms with Crippen molar-refractivity contribution in [2.45, 2.75) is 57.5 Å². The van der Waals surface area contributed by atoms with Crippen LogP contribution in [0, 0.1) is 0 Å². The summed E-state index contributed by atoms with van der Waals surface area (Å²) in [7, 11) is 0. The zero-order chi connectivity index (χ0) is 12.3. The van der Waals surface area contributed by atoms with Crippen LogP contribution in [0.15, 0.2) is 5.38 Å². The third-order valence-corrected chi connectivity index (χ3v) is 5.00. The molecule has 1 aromatic heterocycles. The van der Waals surface area contributed by atoms with Crippen molar-refractivity contribution in [2.75, 3.05) is 6.54 Å². The Morgan fingerprint density at radius 2 is 2.35 bits per heavy atom. The third kappa shape index (κ3) is 3.21. The number of thiazole rings is 1. The van der Waals surface area contributed by atoms with E-state index in [1.54, 1.807) is 11.3 Å². The molecular formula is C13H21ClN2S. The lowest BCUT2D eigenvalue weighted by Crippen LogP contribution is -2.34. The molecule has 96 valence electrons. The Kier molecular flexibility index (Phi) is 4.83. The van der Waals surface area contributed by atoms with Gasteiger partial charge in [-0.15, -0.1) is 22.9 Å². The number of hydrogen-bond donors (Lipinski definition) is 0. The molecule has 0 saturated carbocycles. The highest BCUT2D eigenvalue weighted by molar-refractivity contribution is 7.09. The Balaban J connectivity index is 2.08. The molecule has 1 fully saturated rings. The van der Waals surface area contributed by atoms with Gasteiger partial charge in [0.1, 0.15) is 5.01 Å². The Bertz CT molecular complexity index is 353. The van der Waals surface area contributed by atoms with Crippen LogP contribution in [-0.2, 0) is 5.88 Å². The van der Waals surface area contributed by atoms with Crippen LogP contribution in [0.25, 0.3) is 0 Å². The summed E-state index contributed by atoms with van der Waals surface area (Å²) < 4.78 is 0. The lowest BCUT2D eigenvalue weighted by molar-refractivity contribution is 0.157. The molecule has 0 spiro atoms. The molecule has 1 aromatic rings. The monoisotopic (exact) mass is 272 g/mol. The van der Waals surface area contributed by atoms with Crippen LogP contribution in [0.2, 0.25) is 0 Å². The van der Waals surface area contributed by atoms with E-state index in [1.807, 2.05) is 0 Å². The van der Waals surface area contributed by atoms with Crippen LogP contribution in [0.1, 0.15) is 56.3 Å². The van der Waals surface area contributed by atoms with E-state index in [4.69, 9.17) is 11.6 Å². The van der Waals surface area contributed by atoms with Crippen molar-refractivity contribution in [1.82, 2.24) is 9.88 Å². The fourth-order valence-electron chi connectivity index (χ4n) is 2.59. The first-order chi connectivity index (χ1) is 8.22. The minimum absolute atomic E-state index is 0.435. The second kappa shape index (κ2) is 6.17. The summed E-state index contributed by atoms with van der Waals surface area (Å²) in [6.07, 6.45) is 5.38. The van der Waals surface area contributed by atoms with Gasteiger partial charge in [-0.1, -0.05) is 12.8 Å². The molecule has 2 unspecified atom stereocenters. The maximum absolute atomic E-state index is 5.82. The van der Waals surface area contributed by atoms with Crippen molar-refractivity contribution in [3.8, 4) is 0 Å². The highest BCUT2D eigenvalue weighted by atomic mass is 35.5. The van der Waals surface area contributed by atoms with Crippen molar-refractivity contribution in [2.24, 2.45) is 0 Å². The van der Waals surface area contributed by atoms with Crippen LogP contribution in [0.5, 0.6) is 0 Å². The van der Waals surface area contributed by atoms with Crippen molar-refractivity contribution in [3.05, 3.63) is 16.1 Å². The molecule has 0 amide bonds. The second-order valence-electron chi connectivity index (χ2n) is 4.92. The van der Waals surface area contributed by atoms with Gasteiger partial charge in [-0.3, -0.25) is 4.90 Å². The zero-order valence-electron chi connectivity index (χ0n) is 10.7. The Morgan fingerprint density at radius 1 is 1.53 bits per heavy atom. The van der Waals surface area contributed by atoms with Crippen molar-refractivity contribution in [3.63, 3.8) is 0 Å². The fourth-order valence-corrected chi connectivity index (χ4v) is 3.71. The fraction of sp³-hybridized carbons (Fsp3) is 0.769. The minimum atomic E-state index is 0.435. The van der Waals surface area contributed by atoms with E-state index < -0.39 is 0 Å². The van der Waals surface area contributed by atoms with Gasteiger partial charge >= 0.3 is 0 Å². The molecule has 0 radical (unpaired) electrons. The molecular weight excluding hydrogens is 252 g/mol. The SMILES string of the molecule is CC1CCCCCN1C(C)c1nc(CCl)cs1. The van der Waals surface area contributed by atoms with Gasteiger partial charge < -0.3 is 0 Å². The third-order valence-electron chi connectivity index (χ3n) is 3.67. The summed E-state index contributed by atoms with van der Waals surface area (Å²) in [5.74, 6) is 0.527. The molecule has 0 aromatic carbocycles. The number of alkyl halides is 1. The van der Waals surface area contributed by atoms with Gasteiger partial charge in [0, 0.05) is 11.4 Å². The van der Waals surface area contributed by atoms with Gasteiger partial charge in [0.15, 0.2) is 0 Å². The molecule has 17 heavy (non-hydrogen) atoms. The van der Waals surface area contributed by atoms with Crippen LogP contribution >= 0.6 is 22.9 Å². The predicted molar refractivity (Wildman–Crippen MR) is 74.7 cm³/mol. The largest absolute Gasteiger partial charge is 0.292 e. The number of nitrogens with zero attached hydrogens (tertiary/aromatic N) is 2. The first kappa shape index (κ1) is 13.3. The smallest absolute Gasteiger partial charge is 0.110 e. The summed E-state index contributed by atoms with van der Waals surface area (Å²) in [5, 5.41) is 3.30. The van der Waals surface area contributed by atoms with E-state index in [1.165, 1.54) is 37.2 Å². The Hall–Kier alpha value is -0.120. The number of halogens is 1. The highest BCUT2D eigenvalue weighted by Gasteiger charge is 2.24. The van der Waals surface area contributed by atoms with Gasteiger partial charge in [0.05, 0.1) is 17.6 Å². The Morgan fingerprint density at radius 3 is 3.06 bits per heavy atom. The summed E-state index contributed by atoms with van der Waals surface area (Å²) in [6.45, 7) is 5.83. The van der Waals surface area contributed by atoms with Gasteiger partial charge in [-0.2, -0.15) is 0 Å². The molecule has 0 bridgehead atoms. The van der Waals surface area contributed by atoms with E-state index >= 15 is 0 Å². The average Bonchev–Trinajstić information content (AvgIpc) is 2.71. The number of likely N-dealkylation sites (tertiary alicyclic amines) is 1. The van der Waals surface area contributed by atoms with Crippen molar-refractivity contribution >= 4 is 22.9 Å². The minimum Gasteiger partial charge on any atom is -0.292 e. The number of hydrogen-bond acceptors (Lipinski definition) is 3. The molecule has 2 atom stereocenters. The van der Waals surface area contributed by atoms with Gasteiger partial charge in [0.25, 0.3) is 0 Å². The molecule has 1 aliphatic heterocycles. The molecule has 2 rings (SSSR count). The summed E-state index contributed by atoms with van der Waals surface area (Å²) in [4.78, 5) is 7.21. The molecule has 1 saturated heterocycles. The average molecular weight is 273 g/mol. The molecule has 1 aliphatic rings. The molecule has 2 nitrogen and oxygen atoms in total. The Labute approximate surface area is 113 Å². The van der Waals surface area contributed by atoms with E-state index in [0.29, 0.717) is 18.0 Å². The van der Waals surface area contributed by atoms with E-state index in [0.717, 1.165) is 5.69 Å². The first-order valence-electron chi connectivity index (χ1n) is 6.48. The van der Waals surface area contributed by atoms with Crippen LogP contribution < -0.4 is 0 Å².